The number of H-pyrrole nitrogens is 1. The number of sulfonamides is 1. The van der Waals surface area contributed by atoms with Crippen molar-refractivity contribution in [3.8, 4) is 11.3 Å². The first kappa shape index (κ1) is 13.0. The van der Waals surface area contributed by atoms with Gasteiger partial charge in [0.15, 0.2) is 5.82 Å². The molecule has 0 amide bonds. The second-order valence-corrected chi connectivity index (χ2v) is 6.36. The number of aromatic amines is 1. The molecule has 1 heterocycles. The zero-order valence-electron chi connectivity index (χ0n) is 9.24. The largest absolute Gasteiger partial charge is 0.276 e. The van der Waals surface area contributed by atoms with Crippen molar-refractivity contribution in [2.45, 2.75) is 0 Å². The molecule has 8 heteroatoms. The van der Waals surface area contributed by atoms with Crippen LogP contribution in [0.1, 0.15) is 0 Å². The minimum Gasteiger partial charge on any atom is -0.276 e. The Kier molecular flexibility index (Phi) is 3.40. The topological polar surface area (TPSA) is 74.8 Å². The maximum absolute atomic E-state index is 13.2. The summed E-state index contributed by atoms with van der Waals surface area (Å²) < 4.78 is 38.1. The summed E-state index contributed by atoms with van der Waals surface area (Å²) in [4.78, 5) is 0. The Labute approximate surface area is 112 Å². The van der Waals surface area contributed by atoms with Gasteiger partial charge in [0.2, 0.25) is 10.0 Å². The van der Waals surface area contributed by atoms with E-state index < -0.39 is 15.8 Å². The Morgan fingerprint density at radius 3 is 2.67 bits per heavy atom. The smallest absolute Gasteiger partial charge is 0.231 e. The summed E-state index contributed by atoms with van der Waals surface area (Å²) in [6, 6.07) is 5.83. The molecule has 0 bridgehead atoms. The number of aromatic nitrogens is 2. The quantitative estimate of drug-likeness (QED) is 0.905. The monoisotopic (exact) mass is 333 g/mol. The fourth-order valence-corrected chi connectivity index (χ4v) is 2.37. The van der Waals surface area contributed by atoms with Crippen LogP contribution in [0.2, 0.25) is 0 Å². The molecule has 18 heavy (non-hydrogen) atoms. The SMILES string of the molecule is CS(=O)(=O)Nc1cc(-c2cc(F)cc(Br)c2)[nH]n1. The zero-order valence-corrected chi connectivity index (χ0v) is 11.6. The fraction of sp³-hybridized carbons (Fsp3) is 0.100. The van der Waals surface area contributed by atoms with E-state index in [1.807, 2.05) is 0 Å². The molecule has 0 unspecified atom stereocenters. The van der Waals surface area contributed by atoms with E-state index in [1.165, 1.54) is 18.2 Å². The van der Waals surface area contributed by atoms with E-state index in [-0.39, 0.29) is 5.82 Å². The predicted octanol–water partition coefficient (Wildman–Crippen LogP) is 2.35. The molecule has 0 saturated carbocycles. The zero-order chi connectivity index (χ0) is 13.3. The maximum atomic E-state index is 13.2. The van der Waals surface area contributed by atoms with E-state index >= 15 is 0 Å². The van der Waals surface area contributed by atoms with Crippen LogP contribution in [0.3, 0.4) is 0 Å². The molecule has 0 atom stereocenters. The summed E-state index contributed by atoms with van der Waals surface area (Å²) in [6.07, 6.45) is 1.03. The van der Waals surface area contributed by atoms with Crippen molar-refractivity contribution < 1.29 is 12.8 Å². The van der Waals surface area contributed by atoms with Gasteiger partial charge < -0.3 is 0 Å². The van der Waals surface area contributed by atoms with Gasteiger partial charge in [-0.1, -0.05) is 15.9 Å². The molecule has 0 aliphatic rings. The third-order valence-corrected chi connectivity index (χ3v) is 3.08. The number of nitrogens with one attached hydrogen (secondary N) is 2. The summed E-state index contributed by atoms with van der Waals surface area (Å²) in [5, 5.41) is 6.42. The van der Waals surface area contributed by atoms with Crippen molar-refractivity contribution in [1.82, 2.24) is 10.2 Å². The molecular weight excluding hydrogens is 325 g/mol. The van der Waals surface area contributed by atoms with Gasteiger partial charge >= 0.3 is 0 Å². The summed E-state index contributed by atoms with van der Waals surface area (Å²) in [5.74, 6) is -0.237. The van der Waals surface area contributed by atoms with Crippen molar-refractivity contribution in [2.75, 3.05) is 11.0 Å². The molecule has 0 spiro atoms. The molecule has 0 radical (unpaired) electrons. The highest BCUT2D eigenvalue weighted by Gasteiger charge is 2.09. The molecule has 0 fully saturated rings. The van der Waals surface area contributed by atoms with E-state index in [1.54, 1.807) is 6.07 Å². The van der Waals surface area contributed by atoms with E-state index in [2.05, 4.69) is 30.8 Å². The third kappa shape index (κ3) is 3.30. The average molecular weight is 334 g/mol. The molecule has 1 aromatic heterocycles. The van der Waals surface area contributed by atoms with Gasteiger partial charge in [-0.3, -0.25) is 9.82 Å². The lowest BCUT2D eigenvalue weighted by atomic mass is 10.1. The summed E-state index contributed by atoms with van der Waals surface area (Å²) in [7, 11) is -3.38. The lowest BCUT2D eigenvalue weighted by molar-refractivity contribution is 0.606. The summed E-state index contributed by atoms with van der Waals surface area (Å²) in [6.45, 7) is 0. The third-order valence-electron chi connectivity index (χ3n) is 2.04. The summed E-state index contributed by atoms with van der Waals surface area (Å²) >= 11 is 3.18. The number of nitrogens with zero attached hydrogens (tertiary/aromatic N) is 1. The van der Waals surface area contributed by atoms with Crippen molar-refractivity contribution in [3.05, 3.63) is 34.6 Å². The minimum absolute atomic E-state index is 0.160. The number of anilines is 1. The number of benzene rings is 1. The summed E-state index contributed by atoms with van der Waals surface area (Å²) in [5.41, 5.74) is 1.08. The number of hydrogen-bond acceptors (Lipinski definition) is 3. The molecule has 2 rings (SSSR count). The Morgan fingerprint density at radius 1 is 1.33 bits per heavy atom. The average Bonchev–Trinajstić information content (AvgIpc) is 2.61. The van der Waals surface area contributed by atoms with Gasteiger partial charge in [-0.25, -0.2) is 12.8 Å². The number of halogens is 2. The molecule has 0 saturated heterocycles. The Bertz CT molecular complexity index is 664. The maximum Gasteiger partial charge on any atom is 0.231 e. The molecule has 0 aliphatic heterocycles. The van der Waals surface area contributed by atoms with Crippen LogP contribution in [0.4, 0.5) is 10.2 Å². The number of rotatable bonds is 3. The predicted molar refractivity (Wildman–Crippen MR) is 70.1 cm³/mol. The van der Waals surface area contributed by atoms with Crippen LogP contribution >= 0.6 is 15.9 Å². The van der Waals surface area contributed by atoms with E-state index in [0.717, 1.165) is 6.26 Å². The van der Waals surface area contributed by atoms with Gasteiger partial charge in [-0.2, -0.15) is 5.10 Å². The van der Waals surface area contributed by atoms with Crippen LogP contribution in [0, 0.1) is 5.82 Å². The lowest BCUT2D eigenvalue weighted by Crippen LogP contribution is -2.09. The first-order valence-corrected chi connectivity index (χ1v) is 7.51. The van der Waals surface area contributed by atoms with E-state index in [0.29, 0.717) is 15.7 Å². The molecule has 5 nitrogen and oxygen atoms in total. The molecule has 1 aromatic carbocycles. The van der Waals surface area contributed by atoms with Crippen molar-refractivity contribution in [1.29, 1.82) is 0 Å². The second kappa shape index (κ2) is 4.69. The van der Waals surface area contributed by atoms with Crippen LogP contribution in [-0.4, -0.2) is 24.9 Å². The highest BCUT2D eigenvalue weighted by molar-refractivity contribution is 9.10. The van der Waals surface area contributed by atoms with Crippen molar-refractivity contribution in [3.63, 3.8) is 0 Å². The van der Waals surface area contributed by atoms with Crippen LogP contribution in [0.5, 0.6) is 0 Å². The van der Waals surface area contributed by atoms with Gasteiger partial charge in [0.25, 0.3) is 0 Å². The van der Waals surface area contributed by atoms with Crippen molar-refractivity contribution >= 4 is 31.8 Å². The highest BCUT2D eigenvalue weighted by Crippen LogP contribution is 2.24. The molecule has 96 valence electrons. The second-order valence-electron chi connectivity index (χ2n) is 3.70. The van der Waals surface area contributed by atoms with Gasteiger partial charge in [0.1, 0.15) is 5.82 Å². The van der Waals surface area contributed by atoms with Gasteiger partial charge in [-0.05, 0) is 18.2 Å². The molecule has 2 aromatic rings. The molecule has 0 aliphatic carbocycles. The highest BCUT2D eigenvalue weighted by atomic mass is 79.9. The van der Waals surface area contributed by atoms with Gasteiger partial charge in [-0.15, -0.1) is 0 Å². The van der Waals surface area contributed by atoms with E-state index in [4.69, 9.17) is 0 Å². The van der Waals surface area contributed by atoms with E-state index in [9.17, 15) is 12.8 Å². The normalized spacial score (nSPS) is 11.5. The van der Waals surface area contributed by atoms with Crippen LogP contribution in [-0.2, 0) is 10.0 Å². The first-order valence-electron chi connectivity index (χ1n) is 4.83. The first-order chi connectivity index (χ1) is 8.33. The molecule has 2 N–H and O–H groups in total. The van der Waals surface area contributed by atoms with Crippen LogP contribution in [0.25, 0.3) is 11.3 Å². The van der Waals surface area contributed by atoms with Crippen LogP contribution in [0.15, 0.2) is 28.7 Å². The van der Waals surface area contributed by atoms with Crippen molar-refractivity contribution in [2.24, 2.45) is 0 Å². The Balaban J connectivity index is 2.35. The van der Waals surface area contributed by atoms with Crippen LogP contribution < -0.4 is 4.72 Å². The Hall–Kier alpha value is -1.41. The Morgan fingerprint density at radius 2 is 2.06 bits per heavy atom. The van der Waals surface area contributed by atoms with Gasteiger partial charge in [0, 0.05) is 16.1 Å². The number of hydrogen-bond donors (Lipinski definition) is 2. The van der Waals surface area contributed by atoms with Gasteiger partial charge in [0.05, 0.1) is 11.9 Å². The fourth-order valence-electron chi connectivity index (χ4n) is 1.42. The lowest BCUT2D eigenvalue weighted by Gasteiger charge is -1.99. The minimum atomic E-state index is -3.38. The molecular formula is C10H9BrFN3O2S. The standard InChI is InChI=1S/C10H9BrFN3O2S/c1-18(16,17)15-10-5-9(13-14-10)6-2-7(11)4-8(12)3-6/h2-5H,1H3,(H2,13,14,15).